The number of alkyl halides is 1. The van der Waals surface area contributed by atoms with Crippen molar-refractivity contribution in [3.8, 4) is 5.75 Å². The van der Waals surface area contributed by atoms with Crippen molar-refractivity contribution in [2.24, 2.45) is 0 Å². The zero-order valence-electron chi connectivity index (χ0n) is 8.43. The van der Waals surface area contributed by atoms with Crippen LogP contribution in [0.5, 0.6) is 5.75 Å². The summed E-state index contributed by atoms with van der Waals surface area (Å²) in [5.74, 6) is -0.227. The van der Waals surface area contributed by atoms with Gasteiger partial charge in [0.05, 0.1) is 22.2 Å². The van der Waals surface area contributed by atoms with Crippen LogP contribution in [-0.4, -0.2) is 18.1 Å². The van der Waals surface area contributed by atoms with E-state index >= 15 is 0 Å². The fourth-order valence-corrected chi connectivity index (χ4v) is 1.87. The van der Waals surface area contributed by atoms with Crippen molar-refractivity contribution in [3.63, 3.8) is 0 Å². The van der Waals surface area contributed by atoms with Crippen LogP contribution in [-0.2, 0) is 4.74 Å². The molecular weight excluding hydrogens is 319 g/mol. The van der Waals surface area contributed by atoms with Gasteiger partial charge in [-0.15, -0.1) is 0 Å². The van der Waals surface area contributed by atoms with E-state index in [0.717, 1.165) is 0 Å². The molecule has 0 aliphatic heterocycles. The van der Waals surface area contributed by atoms with Crippen LogP contribution in [0.3, 0.4) is 0 Å². The summed E-state index contributed by atoms with van der Waals surface area (Å²) in [4.78, 5) is 11.5. The Labute approximate surface area is 112 Å². The molecule has 1 aromatic carbocycles. The van der Waals surface area contributed by atoms with Crippen molar-refractivity contribution in [2.75, 3.05) is 12.1 Å². The van der Waals surface area contributed by atoms with Gasteiger partial charge in [-0.05, 0) is 35.0 Å². The summed E-state index contributed by atoms with van der Waals surface area (Å²) in [6.45, 7) is 2.00. The maximum atomic E-state index is 11.5. The maximum Gasteiger partial charge on any atom is 0.339 e. The van der Waals surface area contributed by atoms with Crippen LogP contribution in [0.25, 0.3) is 0 Å². The van der Waals surface area contributed by atoms with Crippen LogP contribution in [0, 0.1) is 0 Å². The Hall–Kier alpha value is -0.450. The second-order valence-electron chi connectivity index (χ2n) is 2.71. The number of esters is 1. The summed E-state index contributed by atoms with van der Waals surface area (Å²) >= 11 is 15.0. The van der Waals surface area contributed by atoms with Crippen molar-refractivity contribution < 1.29 is 14.3 Å². The molecule has 6 heteroatoms. The van der Waals surface area contributed by atoms with Gasteiger partial charge in [-0.25, -0.2) is 4.79 Å². The normalized spacial score (nSPS) is 10.0. The highest BCUT2D eigenvalue weighted by molar-refractivity contribution is 9.09. The fourth-order valence-electron chi connectivity index (χ4n) is 1.09. The summed E-state index contributed by atoms with van der Waals surface area (Å²) in [6.07, 6.45) is 0. The van der Waals surface area contributed by atoms with Crippen LogP contribution in [0.1, 0.15) is 17.3 Å². The monoisotopic (exact) mass is 326 g/mol. The second-order valence-corrected chi connectivity index (χ2v) is 3.95. The van der Waals surface area contributed by atoms with E-state index in [2.05, 4.69) is 15.9 Å². The predicted molar refractivity (Wildman–Crippen MR) is 66.8 cm³/mol. The third kappa shape index (κ3) is 3.03. The molecule has 16 heavy (non-hydrogen) atoms. The van der Waals surface area contributed by atoms with E-state index in [9.17, 15) is 4.79 Å². The standard InChI is InChI=1S/C10H9BrCl2O3/c1-2-15-10(14)6-3-4-7(12)9(8(6)13)16-5-11/h3-4H,2,5H2,1H3. The average molecular weight is 328 g/mol. The number of ether oxygens (including phenoxy) is 2. The minimum Gasteiger partial charge on any atom is -0.479 e. The first kappa shape index (κ1) is 13.6. The first-order valence-corrected chi connectivity index (χ1v) is 6.33. The zero-order chi connectivity index (χ0) is 12.1. The van der Waals surface area contributed by atoms with Gasteiger partial charge in [-0.2, -0.15) is 0 Å². The number of hydrogen-bond donors (Lipinski definition) is 0. The van der Waals surface area contributed by atoms with Crippen LogP contribution in [0.4, 0.5) is 0 Å². The Morgan fingerprint density at radius 3 is 2.69 bits per heavy atom. The number of hydrogen-bond acceptors (Lipinski definition) is 3. The number of rotatable bonds is 4. The van der Waals surface area contributed by atoms with E-state index in [1.807, 2.05) is 0 Å². The highest BCUT2D eigenvalue weighted by Gasteiger charge is 2.17. The molecule has 0 bridgehead atoms. The molecule has 0 unspecified atom stereocenters. The maximum absolute atomic E-state index is 11.5. The minimum atomic E-state index is -0.497. The van der Waals surface area contributed by atoms with Crippen LogP contribution >= 0.6 is 39.1 Å². The Bertz CT molecular complexity index is 396. The molecule has 1 aromatic rings. The van der Waals surface area contributed by atoms with Gasteiger partial charge in [-0.1, -0.05) is 23.2 Å². The summed E-state index contributed by atoms with van der Waals surface area (Å²) in [7, 11) is 0. The summed E-state index contributed by atoms with van der Waals surface area (Å²) < 4.78 is 10.0. The topological polar surface area (TPSA) is 35.5 Å². The average Bonchev–Trinajstić information content (AvgIpc) is 2.24. The smallest absolute Gasteiger partial charge is 0.339 e. The lowest BCUT2D eigenvalue weighted by Gasteiger charge is -2.10. The molecule has 0 heterocycles. The van der Waals surface area contributed by atoms with E-state index in [4.69, 9.17) is 32.7 Å². The SMILES string of the molecule is CCOC(=O)c1ccc(Cl)c(OCBr)c1Cl. The third-order valence-electron chi connectivity index (χ3n) is 1.74. The lowest BCUT2D eigenvalue weighted by molar-refractivity contribution is 0.0526. The molecular formula is C10H9BrCl2O3. The van der Waals surface area contributed by atoms with E-state index in [-0.39, 0.29) is 28.5 Å². The zero-order valence-corrected chi connectivity index (χ0v) is 11.5. The van der Waals surface area contributed by atoms with Gasteiger partial charge in [0.25, 0.3) is 0 Å². The van der Waals surface area contributed by atoms with Gasteiger partial charge >= 0.3 is 5.97 Å². The van der Waals surface area contributed by atoms with E-state index in [1.54, 1.807) is 6.92 Å². The molecule has 0 saturated carbocycles. The quantitative estimate of drug-likeness (QED) is 0.621. The summed E-state index contributed by atoms with van der Waals surface area (Å²) in [5.41, 5.74) is 0.475. The molecule has 0 aliphatic carbocycles. The van der Waals surface area contributed by atoms with E-state index < -0.39 is 5.97 Å². The molecule has 0 radical (unpaired) electrons. The van der Waals surface area contributed by atoms with Gasteiger partial charge in [0.15, 0.2) is 5.75 Å². The Morgan fingerprint density at radius 2 is 2.12 bits per heavy atom. The number of benzene rings is 1. The number of carbonyl (C=O) groups excluding carboxylic acids is 1. The molecule has 0 spiro atoms. The second kappa shape index (κ2) is 6.33. The molecule has 1 rings (SSSR count). The van der Waals surface area contributed by atoms with Gasteiger partial charge in [0.1, 0.15) is 5.52 Å². The number of halogens is 3. The Kier molecular flexibility index (Phi) is 5.38. The van der Waals surface area contributed by atoms with Crippen molar-refractivity contribution in [1.82, 2.24) is 0 Å². The Balaban J connectivity index is 3.12. The molecule has 0 N–H and O–H groups in total. The number of carbonyl (C=O) groups is 1. The molecule has 88 valence electrons. The van der Waals surface area contributed by atoms with Crippen molar-refractivity contribution in [1.29, 1.82) is 0 Å². The fraction of sp³-hybridized carbons (Fsp3) is 0.300. The highest BCUT2D eigenvalue weighted by atomic mass is 79.9. The molecule has 0 aromatic heterocycles. The van der Waals surface area contributed by atoms with Crippen molar-refractivity contribution in [2.45, 2.75) is 6.92 Å². The lowest BCUT2D eigenvalue weighted by atomic mass is 10.2. The summed E-state index contributed by atoms with van der Waals surface area (Å²) in [5, 5.41) is 0.503. The minimum absolute atomic E-state index is 0.158. The van der Waals surface area contributed by atoms with Crippen LogP contribution in [0.15, 0.2) is 12.1 Å². The molecule has 0 saturated heterocycles. The lowest BCUT2D eigenvalue weighted by Crippen LogP contribution is -2.06. The van der Waals surface area contributed by atoms with Gasteiger partial charge < -0.3 is 9.47 Å². The molecule has 0 atom stereocenters. The van der Waals surface area contributed by atoms with Crippen LogP contribution in [0.2, 0.25) is 10.0 Å². The molecule has 0 aliphatic rings. The highest BCUT2D eigenvalue weighted by Crippen LogP contribution is 2.36. The third-order valence-corrected chi connectivity index (χ3v) is 2.65. The molecule has 0 amide bonds. The largest absolute Gasteiger partial charge is 0.479 e. The van der Waals surface area contributed by atoms with Crippen molar-refractivity contribution >= 4 is 45.1 Å². The van der Waals surface area contributed by atoms with Gasteiger partial charge in [-0.3, -0.25) is 0 Å². The van der Waals surface area contributed by atoms with E-state index in [1.165, 1.54) is 12.1 Å². The molecule has 3 nitrogen and oxygen atoms in total. The van der Waals surface area contributed by atoms with Crippen molar-refractivity contribution in [3.05, 3.63) is 27.7 Å². The van der Waals surface area contributed by atoms with Crippen LogP contribution < -0.4 is 4.74 Å². The first-order valence-electron chi connectivity index (χ1n) is 4.45. The van der Waals surface area contributed by atoms with E-state index in [0.29, 0.717) is 5.02 Å². The molecule has 0 fully saturated rings. The predicted octanol–water partition coefficient (Wildman–Crippen LogP) is 3.90. The summed E-state index contributed by atoms with van der Waals surface area (Å²) in [6, 6.07) is 3.04. The Morgan fingerprint density at radius 1 is 1.44 bits per heavy atom. The first-order chi connectivity index (χ1) is 7.61. The van der Waals surface area contributed by atoms with Gasteiger partial charge in [0.2, 0.25) is 0 Å². The van der Waals surface area contributed by atoms with Gasteiger partial charge in [0, 0.05) is 0 Å².